The minimum Gasteiger partial charge on any atom is -0.460 e. The third-order valence-corrected chi connectivity index (χ3v) is 13.3. The quantitative estimate of drug-likeness (QED) is 0.0418. The molecule has 0 aliphatic heterocycles. The maximum absolute atomic E-state index is 13.4. The van der Waals surface area contributed by atoms with E-state index < -0.39 is 90.3 Å². The first-order valence-corrected chi connectivity index (χ1v) is 25.4. The summed E-state index contributed by atoms with van der Waals surface area (Å²) in [4.78, 5) is 107. The van der Waals surface area contributed by atoms with E-state index in [1.165, 1.54) is 0 Å². The maximum Gasteiger partial charge on any atom is 0.561 e. The number of hydrogen-bond donors (Lipinski definition) is 0. The Morgan fingerprint density at radius 3 is 0.921 bits per heavy atom. The van der Waals surface area contributed by atoms with Crippen molar-refractivity contribution in [1.82, 2.24) is 13.7 Å². The largest absolute Gasteiger partial charge is 0.561 e. The van der Waals surface area contributed by atoms with E-state index in [0.717, 1.165) is 81.5 Å². The Bertz CT molecular complexity index is 2030. The minimum absolute atomic E-state index is 0.0838. The predicted octanol–water partition coefficient (Wildman–Crippen LogP) is 3.98. The lowest BCUT2D eigenvalue weighted by atomic mass is 10.2. The summed E-state index contributed by atoms with van der Waals surface area (Å²) in [5, 5.41) is -1.72. The highest BCUT2D eigenvalue weighted by Gasteiger charge is 2.23. The molecule has 0 saturated heterocycles. The molecule has 63 heavy (non-hydrogen) atoms. The Morgan fingerprint density at radius 1 is 0.413 bits per heavy atom. The molecular weight excluding hydrogens is 943 g/mol. The number of rotatable bonds is 24. The van der Waals surface area contributed by atoms with Gasteiger partial charge >= 0.3 is 50.9 Å². The second-order valence-corrected chi connectivity index (χ2v) is 18.9. The van der Waals surface area contributed by atoms with Gasteiger partial charge in [0.25, 0.3) is 0 Å². The topological polar surface area (TPSA) is 237 Å². The van der Waals surface area contributed by atoms with E-state index in [1.807, 2.05) is 54.6 Å². The van der Waals surface area contributed by atoms with Crippen LogP contribution in [-0.2, 0) is 82.3 Å². The molecule has 0 bridgehead atoms. The van der Waals surface area contributed by atoms with E-state index in [2.05, 4.69) is 0 Å². The average Bonchev–Trinajstić information content (AvgIpc) is 3.28. The molecule has 336 valence electrons. The molecule has 0 spiro atoms. The van der Waals surface area contributed by atoms with Gasteiger partial charge < -0.3 is 42.8 Å². The van der Waals surface area contributed by atoms with E-state index in [-0.39, 0.29) is 37.1 Å². The lowest BCUT2D eigenvalue weighted by molar-refractivity contribution is -0.142. The molecule has 1 aromatic heterocycles. The zero-order valence-electron chi connectivity index (χ0n) is 33.2. The Kier molecular flexibility index (Phi) is 23.0. The van der Waals surface area contributed by atoms with Gasteiger partial charge in [-0.1, -0.05) is 123 Å². The smallest absolute Gasteiger partial charge is 0.460 e. The highest BCUT2D eigenvalue weighted by Crippen LogP contribution is 2.24. The van der Waals surface area contributed by atoms with E-state index in [1.54, 1.807) is 36.4 Å². The fourth-order valence-corrected chi connectivity index (χ4v) is 8.87. The van der Waals surface area contributed by atoms with Crippen LogP contribution in [0.1, 0.15) is 16.7 Å². The Labute approximate surface area is 383 Å². The first kappa shape index (κ1) is 50.6. The fraction of sp³-hybridized carbons (Fsp3) is 0.308. The highest BCUT2D eigenvalue weighted by molar-refractivity contribution is 8.82. The van der Waals surface area contributed by atoms with Crippen molar-refractivity contribution in [1.29, 1.82) is 0 Å². The number of hydrogen-bond acceptors (Lipinski definition) is 18. The summed E-state index contributed by atoms with van der Waals surface area (Å²) in [6.45, 7) is -2.31. The molecule has 1 heterocycles. The SMILES string of the molecule is O=C(CSSC(=[OH+])OCCn1c(=O)n(CCOC(=[OH+])SSCC(=O)OCc2ccccc2)c(=O)n(CCOC(=[OH+])SSCC(=O)OCc2ccccc2)c1=O)OCc1ccccc1. The molecular formula is C39H42N3O15S6+3. The normalized spacial score (nSPS) is 10.7. The van der Waals surface area contributed by atoms with Gasteiger partial charge in [-0.05, 0) is 16.7 Å². The highest BCUT2D eigenvalue weighted by atomic mass is 33.1. The Hall–Kier alpha value is -5.01. The second kappa shape index (κ2) is 28.6. The van der Waals surface area contributed by atoms with Crippen LogP contribution in [0.4, 0.5) is 0 Å². The molecule has 4 rings (SSSR count). The summed E-state index contributed by atoms with van der Waals surface area (Å²) < 4.78 is 33.4. The van der Waals surface area contributed by atoms with Gasteiger partial charge in [0.15, 0.2) is 0 Å². The van der Waals surface area contributed by atoms with Crippen LogP contribution < -0.4 is 17.1 Å². The van der Waals surface area contributed by atoms with Crippen LogP contribution in [-0.4, -0.2) is 99.0 Å². The molecule has 0 aliphatic rings. The Morgan fingerprint density at radius 2 is 0.667 bits per heavy atom. The van der Waals surface area contributed by atoms with Gasteiger partial charge in [-0.2, -0.15) is 0 Å². The zero-order chi connectivity index (χ0) is 45.2. The Balaban J connectivity index is 1.28. The van der Waals surface area contributed by atoms with E-state index in [4.69, 9.17) is 28.4 Å². The van der Waals surface area contributed by atoms with Crippen molar-refractivity contribution >= 4 is 98.6 Å². The first-order valence-electron chi connectivity index (χ1n) is 18.5. The van der Waals surface area contributed by atoms with Crippen molar-refractivity contribution in [3.63, 3.8) is 0 Å². The van der Waals surface area contributed by atoms with Crippen molar-refractivity contribution in [3.8, 4) is 0 Å². The van der Waals surface area contributed by atoms with Crippen LogP contribution in [0.2, 0.25) is 0 Å². The van der Waals surface area contributed by atoms with Gasteiger partial charge in [0.1, 0.15) is 37.1 Å². The maximum atomic E-state index is 13.4. The van der Waals surface area contributed by atoms with E-state index in [0.29, 0.717) is 13.7 Å². The second-order valence-electron chi connectivity index (χ2n) is 12.1. The molecule has 0 unspecified atom stereocenters. The van der Waals surface area contributed by atoms with Crippen LogP contribution in [0.3, 0.4) is 0 Å². The number of esters is 3. The lowest BCUT2D eigenvalue weighted by Gasteiger charge is -2.11. The van der Waals surface area contributed by atoms with Crippen molar-refractivity contribution in [2.24, 2.45) is 0 Å². The number of nitrogens with zero attached hydrogens (tertiary/aromatic N) is 3. The summed E-state index contributed by atoms with van der Waals surface area (Å²) in [5.74, 6) is -1.96. The molecule has 24 heteroatoms. The third-order valence-electron chi connectivity index (χ3n) is 7.66. The van der Waals surface area contributed by atoms with Gasteiger partial charge in [0.2, 0.25) is 19.8 Å². The number of benzene rings is 3. The number of carbonyl (C=O) groups excluding carboxylic acids is 6. The third kappa shape index (κ3) is 19.5. The molecule has 0 atom stereocenters. The van der Waals surface area contributed by atoms with Crippen LogP contribution >= 0.6 is 64.8 Å². The van der Waals surface area contributed by atoms with Crippen LogP contribution in [0.25, 0.3) is 0 Å². The minimum atomic E-state index is -1.06. The van der Waals surface area contributed by atoms with Crippen LogP contribution in [0.5, 0.6) is 0 Å². The van der Waals surface area contributed by atoms with Crippen molar-refractivity contribution in [2.75, 3.05) is 37.1 Å². The van der Waals surface area contributed by atoms with Gasteiger partial charge in [-0.25, -0.2) is 28.1 Å². The molecule has 3 aromatic carbocycles. The van der Waals surface area contributed by atoms with Crippen molar-refractivity contribution < 1.29 is 57.2 Å². The predicted molar refractivity (Wildman–Crippen MR) is 247 cm³/mol. The number of ether oxygens (including phenoxy) is 6. The van der Waals surface area contributed by atoms with E-state index in [9.17, 15) is 43.2 Å². The van der Waals surface area contributed by atoms with Crippen molar-refractivity contribution in [2.45, 2.75) is 39.5 Å². The fourth-order valence-electron chi connectivity index (χ4n) is 4.72. The molecule has 18 nitrogen and oxygen atoms in total. The molecule has 0 amide bonds. The van der Waals surface area contributed by atoms with Gasteiger partial charge in [0.05, 0.1) is 52.0 Å². The lowest BCUT2D eigenvalue weighted by Crippen LogP contribution is -2.55. The van der Waals surface area contributed by atoms with Gasteiger partial charge in [-0.3, -0.25) is 14.4 Å². The molecule has 0 saturated carbocycles. The number of aromatic nitrogens is 3. The van der Waals surface area contributed by atoms with Crippen molar-refractivity contribution in [3.05, 3.63) is 139 Å². The average molecular weight is 985 g/mol. The molecule has 4 aromatic rings. The summed E-state index contributed by atoms with van der Waals surface area (Å²) in [6, 6.07) is 27.2. The van der Waals surface area contributed by atoms with E-state index >= 15 is 0 Å². The molecule has 0 radical (unpaired) electrons. The number of carbonyl (C=O) groups is 3. The molecule has 0 fully saturated rings. The summed E-state index contributed by atoms with van der Waals surface area (Å²) in [5.41, 5.74) is -0.741. The summed E-state index contributed by atoms with van der Waals surface area (Å²) in [7, 11) is 4.94. The summed E-state index contributed by atoms with van der Waals surface area (Å²) >= 11 is 0. The molecule has 3 N–H and O–H groups in total. The van der Waals surface area contributed by atoms with Crippen LogP contribution in [0.15, 0.2) is 105 Å². The summed E-state index contributed by atoms with van der Waals surface area (Å²) in [6.07, 6.45) is 0. The molecule has 0 aliphatic carbocycles. The van der Waals surface area contributed by atoms with Gasteiger partial charge in [-0.15, -0.1) is 0 Å². The van der Waals surface area contributed by atoms with Gasteiger partial charge in [0, 0.05) is 0 Å². The first-order chi connectivity index (χ1) is 30.5. The zero-order valence-corrected chi connectivity index (χ0v) is 38.1. The van der Waals surface area contributed by atoms with Crippen LogP contribution in [0, 0.1) is 0 Å². The standard InChI is InChI=1S/C39H39N3O15S6/c43-31(55-22-28-10-4-1-5-11-28)25-58-61-37(49)52-19-16-40-34(46)41(17-20-53-38(50)62-59-26-32(44)56-23-29-12-6-2-7-13-29)36(48)42(35(40)47)18-21-54-39(51)63-60-27-33(45)57-24-30-14-8-3-9-15-30/h1-15H,16-27H2/p+3. The monoisotopic (exact) mass is 984 g/mol.